The van der Waals surface area contributed by atoms with Crippen LogP contribution in [0.3, 0.4) is 0 Å². The van der Waals surface area contributed by atoms with Gasteiger partial charge in [0, 0.05) is 10.8 Å². The summed E-state index contributed by atoms with van der Waals surface area (Å²) in [5.74, 6) is 0. The average Bonchev–Trinajstić information content (AvgIpc) is 3.58. The van der Waals surface area contributed by atoms with Crippen LogP contribution in [0.4, 0.5) is 0 Å². The molecule has 54 heavy (non-hydrogen) atoms. The fraction of sp³-hybridized carbons (Fsp3) is 0.111. The molecule has 0 fully saturated rings. The topological polar surface area (TPSA) is 0 Å². The molecule has 0 saturated heterocycles. The van der Waals surface area contributed by atoms with Crippen molar-refractivity contribution in [1.29, 1.82) is 0 Å². The average molecular weight is 689 g/mol. The van der Waals surface area contributed by atoms with Crippen LogP contribution in [0.5, 0.6) is 0 Å². The van der Waals surface area contributed by atoms with Crippen molar-refractivity contribution in [3.05, 3.63) is 192 Å². The van der Waals surface area contributed by atoms with Gasteiger partial charge in [0.25, 0.3) is 0 Å². The van der Waals surface area contributed by atoms with Gasteiger partial charge in [-0.05, 0) is 141 Å². The normalized spacial score (nSPS) is 14.6. The zero-order valence-corrected chi connectivity index (χ0v) is 31.2. The van der Waals surface area contributed by atoms with Crippen molar-refractivity contribution in [2.45, 2.75) is 38.5 Å². The fourth-order valence-electron chi connectivity index (χ4n) is 10.0. The van der Waals surface area contributed by atoms with Crippen LogP contribution >= 0.6 is 0 Å². The summed E-state index contributed by atoms with van der Waals surface area (Å²) in [5.41, 5.74) is 18.6. The summed E-state index contributed by atoms with van der Waals surface area (Å²) in [4.78, 5) is 0. The third kappa shape index (κ3) is 4.32. The van der Waals surface area contributed by atoms with Crippen LogP contribution in [0, 0.1) is 0 Å². The Bertz CT molecular complexity index is 3040. The van der Waals surface area contributed by atoms with E-state index in [9.17, 15) is 0 Å². The molecule has 0 heterocycles. The van der Waals surface area contributed by atoms with Gasteiger partial charge in [-0.25, -0.2) is 0 Å². The Kier molecular flexibility index (Phi) is 6.46. The second kappa shape index (κ2) is 11.1. The smallest absolute Gasteiger partial charge is 0.0159 e. The van der Waals surface area contributed by atoms with E-state index in [1.807, 2.05) is 0 Å². The van der Waals surface area contributed by atoms with E-state index in [-0.39, 0.29) is 10.8 Å². The van der Waals surface area contributed by atoms with E-state index in [0.29, 0.717) is 0 Å². The van der Waals surface area contributed by atoms with Crippen molar-refractivity contribution < 1.29 is 0 Å². The van der Waals surface area contributed by atoms with Gasteiger partial charge in [-0.2, -0.15) is 0 Å². The van der Waals surface area contributed by atoms with Crippen LogP contribution in [0.1, 0.15) is 49.9 Å². The molecule has 2 aliphatic rings. The van der Waals surface area contributed by atoms with Gasteiger partial charge in [-0.1, -0.05) is 167 Å². The molecule has 0 aliphatic heterocycles. The maximum absolute atomic E-state index is 2.51. The summed E-state index contributed by atoms with van der Waals surface area (Å²) in [7, 11) is 0. The van der Waals surface area contributed by atoms with E-state index < -0.39 is 0 Å². The van der Waals surface area contributed by atoms with E-state index in [2.05, 4.69) is 198 Å². The summed E-state index contributed by atoms with van der Waals surface area (Å²) in [6, 6.07) is 63.9. The second-order valence-electron chi connectivity index (χ2n) is 16.5. The largest absolute Gasteiger partial charge is 0.0619 e. The molecule has 0 amide bonds. The van der Waals surface area contributed by atoms with Gasteiger partial charge in [-0.3, -0.25) is 0 Å². The molecule has 256 valence electrons. The van der Waals surface area contributed by atoms with Gasteiger partial charge in [-0.15, -0.1) is 0 Å². The maximum atomic E-state index is 2.51. The molecule has 9 aromatic rings. The fourth-order valence-corrected chi connectivity index (χ4v) is 10.0. The van der Waals surface area contributed by atoms with Crippen molar-refractivity contribution in [2.24, 2.45) is 0 Å². The standard InChI is InChI=1S/C54H40/c1-53(2)48-23-12-11-21-41(48)46-31-51-47(32-50(46)53)42-26-25-35(30-49(42)54(51,3)4)34-16-13-17-36(28-34)39-19-9-10-22-43(39)52-40-20-8-6-15-37(40)29-45-38-18-7-5-14-33(38)24-27-44(45)52/h5-32H,1-4H3. The van der Waals surface area contributed by atoms with Gasteiger partial charge in [0.05, 0.1) is 0 Å². The molecule has 2 aliphatic carbocycles. The van der Waals surface area contributed by atoms with Crippen LogP contribution in [-0.4, -0.2) is 0 Å². The molecule has 0 heteroatoms. The molecular formula is C54H40. The predicted octanol–water partition coefficient (Wildman–Crippen LogP) is 14.8. The van der Waals surface area contributed by atoms with Gasteiger partial charge in [0.15, 0.2) is 0 Å². The van der Waals surface area contributed by atoms with Gasteiger partial charge >= 0.3 is 0 Å². The highest BCUT2D eigenvalue weighted by Crippen LogP contribution is 2.56. The van der Waals surface area contributed by atoms with Crippen LogP contribution in [0.25, 0.3) is 88.0 Å². The number of hydrogen-bond acceptors (Lipinski definition) is 0. The molecule has 9 aromatic carbocycles. The van der Waals surface area contributed by atoms with Gasteiger partial charge < -0.3 is 0 Å². The zero-order valence-electron chi connectivity index (χ0n) is 31.2. The Morgan fingerprint density at radius 1 is 0.278 bits per heavy atom. The Balaban J connectivity index is 1.04. The molecule has 0 nitrogen and oxygen atoms in total. The van der Waals surface area contributed by atoms with Crippen LogP contribution in [0.2, 0.25) is 0 Å². The van der Waals surface area contributed by atoms with E-state index in [1.165, 1.54) is 110 Å². The Morgan fingerprint density at radius 3 is 1.65 bits per heavy atom. The number of benzene rings is 9. The number of hydrogen-bond donors (Lipinski definition) is 0. The van der Waals surface area contributed by atoms with Crippen molar-refractivity contribution in [2.75, 3.05) is 0 Å². The first-order valence-electron chi connectivity index (χ1n) is 19.3. The third-order valence-electron chi connectivity index (χ3n) is 12.9. The minimum absolute atomic E-state index is 0.0172. The first kappa shape index (κ1) is 31.3. The summed E-state index contributed by atoms with van der Waals surface area (Å²) in [6.45, 7) is 9.57. The highest BCUT2D eigenvalue weighted by molar-refractivity contribution is 6.21. The highest BCUT2D eigenvalue weighted by Gasteiger charge is 2.41. The molecule has 0 radical (unpaired) electrons. The lowest BCUT2D eigenvalue weighted by atomic mass is 9.79. The van der Waals surface area contributed by atoms with Gasteiger partial charge in [0.2, 0.25) is 0 Å². The molecular weight excluding hydrogens is 649 g/mol. The van der Waals surface area contributed by atoms with Crippen LogP contribution < -0.4 is 0 Å². The van der Waals surface area contributed by atoms with Crippen molar-refractivity contribution in [1.82, 2.24) is 0 Å². The van der Waals surface area contributed by atoms with E-state index in [4.69, 9.17) is 0 Å². The second-order valence-corrected chi connectivity index (χ2v) is 16.5. The molecule has 0 aromatic heterocycles. The first-order chi connectivity index (χ1) is 26.3. The summed E-state index contributed by atoms with van der Waals surface area (Å²) >= 11 is 0. The van der Waals surface area contributed by atoms with Crippen molar-refractivity contribution in [3.8, 4) is 55.6 Å². The highest BCUT2D eigenvalue weighted by atomic mass is 14.4. The number of fused-ring (bicyclic) bond motifs is 10. The summed E-state index contributed by atoms with van der Waals surface area (Å²) in [5, 5.41) is 7.69. The van der Waals surface area contributed by atoms with Crippen LogP contribution in [0.15, 0.2) is 170 Å². The quantitative estimate of drug-likeness (QED) is 0.128. The molecule has 0 bridgehead atoms. The summed E-state index contributed by atoms with van der Waals surface area (Å²) in [6.07, 6.45) is 0. The molecule has 11 rings (SSSR count). The summed E-state index contributed by atoms with van der Waals surface area (Å²) < 4.78 is 0. The lowest BCUT2D eigenvalue weighted by molar-refractivity contribution is 0.652. The molecule has 0 atom stereocenters. The SMILES string of the molecule is CC1(C)c2ccccc2-c2cc3c(cc21)-c1ccc(-c2cccc(-c4ccccc4-c4c5ccccc5cc5c4ccc4ccccc45)c2)cc1C3(C)C. The lowest BCUT2D eigenvalue weighted by Gasteiger charge is -2.24. The Labute approximate surface area is 317 Å². The lowest BCUT2D eigenvalue weighted by Crippen LogP contribution is -2.17. The molecule has 0 saturated carbocycles. The minimum Gasteiger partial charge on any atom is -0.0619 e. The minimum atomic E-state index is -0.110. The van der Waals surface area contributed by atoms with E-state index >= 15 is 0 Å². The predicted molar refractivity (Wildman–Crippen MR) is 230 cm³/mol. The van der Waals surface area contributed by atoms with Gasteiger partial charge in [0.1, 0.15) is 0 Å². The molecule has 0 spiro atoms. The molecule has 0 unspecified atom stereocenters. The maximum Gasteiger partial charge on any atom is 0.0159 e. The monoisotopic (exact) mass is 688 g/mol. The molecule has 0 N–H and O–H groups in total. The Morgan fingerprint density at radius 2 is 0.852 bits per heavy atom. The van der Waals surface area contributed by atoms with E-state index in [1.54, 1.807) is 0 Å². The van der Waals surface area contributed by atoms with Crippen molar-refractivity contribution >= 4 is 32.3 Å². The first-order valence-corrected chi connectivity index (χ1v) is 19.3. The van der Waals surface area contributed by atoms with E-state index in [0.717, 1.165) is 0 Å². The third-order valence-corrected chi connectivity index (χ3v) is 12.9. The zero-order chi connectivity index (χ0) is 36.3. The Hall–Kier alpha value is -6.24. The van der Waals surface area contributed by atoms with Crippen molar-refractivity contribution in [3.63, 3.8) is 0 Å². The number of rotatable bonds is 3. The van der Waals surface area contributed by atoms with Crippen LogP contribution in [-0.2, 0) is 10.8 Å².